The molecule has 0 amide bonds. The molecule has 0 bridgehead atoms. The summed E-state index contributed by atoms with van der Waals surface area (Å²) < 4.78 is 6.82. The van der Waals surface area contributed by atoms with E-state index in [0.29, 0.717) is 6.10 Å². The van der Waals surface area contributed by atoms with E-state index in [1.165, 1.54) is 16.4 Å². The molecule has 0 saturated carbocycles. The Balaban J connectivity index is 1.83. The molecular formula is C14H19ClINO. The SMILES string of the molecule is NC(CCCC1CCCO1)c1cc(Cl)ccc1I. The number of nitrogens with two attached hydrogens (primary N) is 1. The third-order valence-electron chi connectivity index (χ3n) is 3.42. The minimum absolute atomic E-state index is 0.0806. The van der Waals surface area contributed by atoms with E-state index in [4.69, 9.17) is 22.1 Å². The predicted octanol–water partition coefficient (Wildman–Crippen LogP) is 4.29. The Kier molecular flexibility index (Phi) is 5.73. The Labute approximate surface area is 127 Å². The van der Waals surface area contributed by atoms with Crippen LogP contribution < -0.4 is 5.73 Å². The van der Waals surface area contributed by atoms with Crippen molar-refractivity contribution in [3.05, 3.63) is 32.4 Å². The van der Waals surface area contributed by atoms with Crippen LogP contribution in [-0.2, 0) is 4.74 Å². The second-order valence-electron chi connectivity index (χ2n) is 4.84. The summed E-state index contributed by atoms with van der Waals surface area (Å²) in [5, 5.41) is 0.764. The van der Waals surface area contributed by atoms with Crippen LogP contribution in [0.5, 0.6) is 0 Å². The van der Waals surface area contributed by atoms with Gasteiger partial charge in [0, 0.05) is 21.2 Å². The summed E-state index contributed by atoms with van der Waals surface area (Å²) in [7, 11) is 0. The molecule has 0 aromatic heterocycles. The molecular weight excluding hydrogens is 361 g/mol. The van der Waals surface area contributed by atoms with Crippen LogP contribution in [0.2, 0.25) is 5.02 Å². The maximum absolute atomic E-state index is 6.25. The number of hydrogen-bond acceptors (Lipinski definition) is 2. The highest BCUT2D eigenvalue weighted by Crippen LogP contribution is 2.26. The summed E-state index contributed by atoms with van der Waals surface area (Å²) in [5.41, 5.74) is 7.41. The molecule has 18 heavy (non-hydrogen) atoms. The van der Waals surface area contributed by atoms with Gasteiger partial charge in [-0.05, 0) is 78.5 Å². The lowest BCUT2D eigenvalue weighted by Crippen LogP contribution is -2.13. The number of ether oxygens (including phenoxy) is 1. The fourth-order valence-corrected chi connectivity index (χ4v) is 3.31. The molecule has 100 valence electrons. The zero-order valence-electron chi connectivity index (χ0n) is 10.4. The summed E-state index contributed by atoms with van der Waals surface area (Å²) in [5.74, 6) is 0. The molecule has 0 aliphatic carbocycles. The minimum atomic E-state index is 0.0806. The molecule has 1 heterocycles. The highest BCUT2D eigenvalue weighted by Gasteiger charge is 2.16. The second-order valence-corrected chi connectivity index (χ2v) is 6.44. The van der Waals surface area contributed by atoms with Crippen LogP contribution >= 0.6 is 34.2 Å². The van der Waals surface area contributed by atoms with Crippen molar-refractivity contribution in [2.75, 3.05) is 6.61 Å². The van der Waals surface area contributed by atoms with Crippen LogP contribution in [-0.4, -0.2) is 12.7 Å². The van der Waals surface area contributed by atoms with Crippen LogP contribution in [0.4, 0.5) is 0 Å². The van der Waals surface area contributed by atoms with Crippen molar-refractivity contribution >= 4 is 34.2 Å². The molecule has 2 atom stereocenters. The zero-order valence-corrected chi connectivity index (χ0v) is 13.3. The summed E-state index contributed by atoms with van der Waals surface area (Å²) in [6, 6.07) is 6.00. The first-order valence-electron chi connectivity index (χ1n) is 6.49. The van der Waals surface area contributed by atoms with Crippen LogP contribution in [0.25, 0.3) is 0 Å². The maximum atomic E-state index is 6.25. The van der Waals surface area contributed by atoms with Crippen molar-refractivity contribution in [3.8, 4) is 0 Å². The van der Waals surface area contributed by atoms with Crippen molar-refractivity contribution in [1.82, 2.24) is 0 Å². The van der Waals surface area contributed by atoms with Gasteiger partial charge in [-0.15, -0.1) is 0 Å². The van der Waals surface area contributed by atoms with E-state index < -0.39 is 0 Å². The van der Waals surface area contributed by atoms with Gasteiger partial charge in [0.1, 0.15) is 0 Å². The number of halogens is 2. The van der Waals surface area contributed by atoms with Gasteiger partial charge in [-0.2, -0.15) is 0 Å². The second kappa shape index (κ2) is 7.08. The smallest absolute Gasteiger partial charge is 0.0576 e. The number of benzene rings is 1. The Morgan fingerprint density at radius 1 is 1.50 bits per heavy atom. The van der Waals surface area contributed by atoms with Crippen molar-refractivity contribution in [2.24, 2.45) is 5.73 Å². The Morgan fingerprint density at radius 3 is 3.06 bits per heavy atom. The molecule has 1 aromatic carbocycles. The first kappa shape index (κ1) is 14.6. The van der Waals surface area contributed by atoms with Gasteiger partial charge in [-0.25, -0.2) is 0 Å². The predicted molar refractivity (Wildman–Crippen MR) is 83.9 cm³/mol. The van der Waals surface area contributed by atoms with Gasteiger partial charge >= 0.3 is 0 Å². The lowest BCUT2D eigenvalue weighted by atomic mass is 10.00. The fourth-order valence-electron chi connectivity index (χ4n) is 2.39. The molecule has 2 nitrogen and oxygen atoms in total. The third-order valence-corrected chi connectivity index (χ3v) is 4.64. The van der Waals surface area contributed by atoms with E-state index in [0.717, 1.165) is 36.5 Å². The molecule has 1 aliphatic rings. The fraction of sp³-hybridized carbons (Fsp3) is 0.571. The lowest BCUT2D eigenvalue weighted by molar-refractivity contribution is 0.101. The van der Waals surface area contributed by atoms with Gasteiger partial charge in [-0.3, -0.25) is 0 Å². The van der Waals surface area contributed by atoms with Crippen molar-refractivity contribution in [3.63, 3.8) is 0 Å². The van der Waals surface area contributed by atoms with E-state index in [9.17, 15) is 0 Å². The monoisotopic (exact) mass is 379 g/mol. The van der Waals surface area contributed by atoms with Gasteiger partial charge in [0.25, 0.3) is 0 Å². The molecule has 2 unspecified atom stereocenters. The van der Waals surface area contributed by atoms with Gasteiger partial charge in [0.15, 0.2) is 0 Å². The molecule has 4 heteroatoms. The van der Waals surface area contributed by atoms with Crippen molar-refractivity contribution in [1.29, 1.82) is 0 Å². The van der Waals surface area contributed by atoms with Crippen molar-refractivity contribution in [2.45, 2.75) is 44.2 Å². The Bertz CT molecular complexity index is 393. The molecule has 1 aromatic rings. The number of rotatable bonds is 5. The maximum Gasteiger partial charge on any atom is 0.0576 e. The van der Waals surface area contributed by atoms with Gasteiger partial charge in [-0.1, -0.05) is 11.6 Å². The molecule has 1 fully saturated rings. The van der Waals surface area contributed by atoms with Crippen LogP contribution in [0, 0.1) is 3.57 Å². The summed E-state index contributed by atoms with van der Waals surface area (Å²) in [4.78, 5) is 0. The van der Waals surface area contributed by atoms with Crippen LogP contribution in [0.3, 0.4) is 0 Å². The highest BCUT2D eigenvalue weighted by atomic mass is 127. The average molecular weight is 380 g/mol. The molecule has 2 rings (SSSR count). The highest BCUT2D eigenvalue weighted by molar-refractivity contribution is 14.1. The zero-order chi connectivity index (χ0) is 13.0. The van der Waals surface area contributed by atoms with Crippen LogP contribution in [0.15, 0.2) is 18.2 Å². The summed E-state index contributed by atoms with van der Waals surface area (Å²) in [6.45, 7) is 0.933. The normalized spacial score (nSPS) is 21.2. The Hall–Kier alpha value is 0.160. The van der Waals surface area contributed by atoms with Crippen molar-refractivity contribution < 1.29 is 4.74 Å². The first-order valence-corrected chi connectivity index (χ1v) is 7.94. The number of hydrogen-bond donors (Lipinski definition) is 1. The largest absolute Gasteiger partial charge is 0.378 e. The van der Waals surface area contributed by atoms with E-state index in [1.807, 2.05) is 18.2 Å². The Morgan fingerprint density at radius 2 is 2.33 bits per heavy atom. The van der Waals surface area contributed by atoms with Crippen LogP contribution in [0.1, 0.15) is 43.7 Å². The molecule has 1 aliphatic heterocycles. The van der Waals surface area contributed by atoms with Gasteiger partial charge < -0.3 is 10.5 Å². The van der Waals surface area contributed by atoms with E-state index in [-0.39, 0.29) is 6.04 Å². The van der Waals surface area contributed by atoms with E-state index in [2.05, 4.69) is 22.6 Å². The van der Waals surface area contributed by atoms with Gasteiger partial charge in [0.2, 0.25) is 0 Å². The lowest BCUT2D eigenvalue weighted by Gasteiger charge is -2.15. The quantitative estimate of drug-likeness (QED) is 0.774. The molecule has 0 spiro atoms. The standard InChI is InChI=1S/C14H19ClINO/c15-10-6-7-13(16)12(9-10)14(17)5-1-3-11-4-2-8-18-11/h6-7,9,11,14H,1-5,8,17H2. The van der Waals surface area contributed by atoms with E-state index >= 15 is 0 Å². The average Bonchev–Trinajstić information content (AvgIpc) is 2.85. The van der Waals surface area contributed by atoms with E-state index in [1.54, 1.807) is 0 Å². The molecule has 2 N–H and O–H groups in total. The topological polar surface area (TPSA) is 35.2 Å². The summed E-state index contributed by atoms with van der Waals surface area (Å²) in [6.07, 6.45) is 6.14. The third kappa shape index (κ3) is 4.08. The minimum Gasteiger partial charge on any atom is -0.378 e. The molecule has 1 saturated heterocycles. The molecule has 0 radical (unpaired) electrons. The first-order chi connectivity index (χ1) is 8.66. The van der Waals surface area contributed by atoms with Gasteiger partial charge in [0.05, 0.1) is 6.10 Å². The summed E-state index contributed by atoms with van der Waals surface area (Å²) >= 11 is 8.34.